The molecule has 1 heterocycles. The number of nitrogens with one attached hydrogen (secondary N) is 1. The third-order valence-corrected chi connectivity index (χ3v) is 1.99. The van der Waals surface area contributed by atoms with Gasteiger partial charge in [0.2, 0.25) is 0 Å². The van der Waals surface area contributed by atoms with Crippen molar-refractivity contribution in [3.05, 3.63) is 36.0 Å². The van der Waals surface area contributed by atoms with Crippen molar-refractivity contribution < 1.29 is 5.11 Å². The second-order valence-electron chi connectivity index (χ2n) is 3.20. The molecule has 0 bridgehead atoms. The molecule has 1 aliphatic heterocycles. The summed E-state index contributed by atoms with van der Waals surface area (Å²) in [4.78, 5) is 0. The zero-order chi connectivity index (χ0) is 9.26. The number of nitrogens with zero attached hydrogens (tertiary/aromatic N) is 1. The molecule has 0 unspecified atom stereocenters. The highest BCUT2D eigenvalue weighted by Crippen LogP contribution is 2.21. The number of anilines is 1. The number of phenolic OH excluding ortho intramolecular Hbond substituents is 1. The lowest BCUT2D eigenvalue weighted by molar-refractivity contribution is 0.475. The smallest absolute Gasteiger partial charge is 0.117 e. The molecule has 0 aliphatic carbocycles. The SMILES string of the molecule is CC1=CN(c2cccc(O)c2)NC1. The van der Waals surface area contributed by atoms with Crippen LogP contribution in [0.3, 0.4) is 0 Å². The van der Waals surface area contributed by atoms with E-state index < -0.39 is 0 Å². The van der Waals surface area contributed by atoms with Gasteiger partial charge in [0, 0.05) is 18.8 Å². The molecule has 1 aromatic rings. The van der Waals surface area contributed by atoms with E-state index in [1.807, 2.05) is 23.3 Å². The fourth-order valence-corrected chi connectivity index (χ4v) is 1.33. The zero-order valence-electron chi connectivity index (χ0n) is 7.49. The van der Waals surface area contributed by atoms with E-state index in [9.17, 15) is 5.11 Å². The number of rotatable bonds is 1. The molecule has 0 saturated heterocycles. The number of benzene rings is 1. The van der Waals surface area contributed by atoms with Gasteiger partial charge in [0.1, 0.15) is 5.75 Å². The quantitative estimate of drug-likeness (QED) is 0.682. The first-order valence-electron chi connectivity index (χ1n) is 4.25. The van der Waals surface area contributed by atoms with Crippen LogP contribution in [0.1, 0.15) is 6.92 Å². The molecular weight excluding hydrogens is 164 g/mol. The fraction of sp³-hybridized carbons (Fsp3) is 0.200. The predicted octanol–water partition coefficient (Wildman–Crippen LogP) is 1.62. The molecule has 0 aromatic heterocycles. The molecule has 1 aromatic carbocycles. The lowest BCUT2D eigenvalue weighted by Crippen LogP contribution is -2.28. The second-order valence-corrected chi connectivity index (χ2v) is 3.20. The Balaban J connectivity index is 2.26. The maximum absolute atomic E-state index is 9.26. The molecule has 0 atom stereocenters. The van der Waals surface area contributed by atoms with Crippen LogP contribution in [0.5, 0.6) is 5.75 Å². The fourth-order valence-electron chi connectivity index (χ4n) is 1.33. The largest absolute Gasteiger partial charge is 0.508 e. The van der Waals surface area contributed by atoms with Crippen molar-refractivity contribution in [1.82, 2.24) is 5.43 Å². The summed E-state index contributed by atoms with van der Waals surface area (Å²) in [5, 5.41) is 11.2. The number of hydrogen-bond donors (Lipinski definition) is 2. The minimum Gasteiger partial charge on any atom is -0.508 e. The Hall–Kier alpha value is -1.48. The van der Waals surface area contributed by atoms with Gasteiger partial charge < -0.3 is 5.11 Å². The summed E-state index contributed by atoms with van der Waals surface area (Å²) < 4.78 is 0. The first-order valence-corrected chi connectivity index (χ1v) is 4.25. The Morgan fingerprint density at radius 3 is 2.92 bits per heavy atom. The van der Waals surface area contributed by atoms with Crippen LogP contribution in [0.15, 0.2) is 36.0 Å². The first-order chi connectivity index (χ1) is 6.25. The maximum atomic E-state index is 9.26. The van der Waals surface area contributed by atoms with Gasteiger partial charge in [0.05, 0.1) is 5.69 Å². The molecule has 3 heteroatoms. The van der Waals surface area contributed by atoms with E-state index in [1.165, 1.54) is 5.57 Å². The van der Waals surface area contributed by atoms with E-state index in [0.29, 0.717) is 0 Å². The summed E-state index contributed by atoms with van der Waals surface area (Å²) in [5.41, 5.74) is 5.42. The molecule has 1 aliphatic rings. The summed E-state index contributed by atoms with van der Waals surface area (Å²) in [6, 6.07) is 7.16. The van der Waals surface area contributed by atoms with Gasteiger partial charge in [0.15, 0.2) is 0 Å². The second kappa shape index (κ2) is 3.11. The van der Waals surface area contributed by atoms with E-state index in [1.54, 1.807) is 12.1 Å². The highest BCUT2D eigenvalue weighted by Gasteiger charge is 2.09. The molecule has 0 spiro atoms. The van der Waals surface area contributed by atoms with Crippen molar-refractivity contribution in [2.24, 2.45) is 0 Å². The van der Waals surface area contributed by atoms with E-state index in [2.05, 4.69) is 12.3 Å². The van der Waals surface area contributed by atoms with Gasteiger partial charge in [-0.1, -0.05) is 6.07 Å². The summed E-state index contributed by atoms with van der Waals surface area (Å²) >= 11 is 0. The van der Waals surface area contributed by atoms with Gasteiger partial charge in [-0.15, -0.1) is 0 Å². The zero-order valence-corrected chi connectivity index (χ0v) is 7.49. The molecule has 13 heavy (non-hydrogen) atoms. The molecule has 2 N–H and O–H groups in total. The molecule has 3 nitrogen and oxygen atoms in total. The topological polar surface area (TPSA) is 35.5 Å². The summed E-state index contributed by atoms with van der Waals surface area (Å²) in [6.45, 7) is 2.94. The minimum absolute atomic E-state index is 0.289. The minimum atomic E-state index is 0.289. The molecule has 0 radical (unpaired) electrons. The first kappa shape index (κ1) is 8.13. The van der Waals surface area contributed by atoms with Crippen LogP contribution >= 0.6 is 0 Å². The van der Waals surface area contributed by atoms with E-state index in [4.69, 9.17) is 0 Å². The van der Waals surface area contributed by atoms with Gasteiger partial charge in [-0.25, -0.2) is 5.43 Å². The molecule has 68 valence electrons. The summed E-state index contributed by atoms with van der Waals surface area (Å²) in [6.07, 6.45) is 2.02. The average Bonchev–Trinajstić information content (AvgIpc) is 2.52. The molecule has 0 amide bonds. The van der Waals surface area contributed by atoms with Crippen LogP contribution in [-0.4, -0.2) is 11.7 Å². The number of hydrogen-bond acceptors (Lipinski definition) is 3. The standard InChI is InChI=1S/C10H12N2O/c1-8-6-11-12(7-8)9-3-2-4-10(13)5-9/h2-5,7,11,13H,6H2,1H3. The van der Waals surface area contributed by atoms with Crippen molar-refractivity contribution in [2.45, 2.75) is 6.92 Å². The summed E-state index contributed by atoms with van der Waals surface area (Å²) in [7, 11) is 0. The predicted molar refractivity (Wildman–Crippen MR) is 52.3 cm³/mol. The van der Waals surface area contributed by atoms with Crippen LogP contribution < -0.4 is 10.4 Å². The summed E-state index contributed by atoms with van der Waals surface area (Å²) in [5.74, 6) is 0.289. The lowest BCUT2D eigenvalue weighted by atomic mass is 10.3. The molecule has 0 fully saturated rings. The van der Waals surface area contributed by atoms with Crippen LogP contribution in [0.2, 0.25) is 0 Å². The molecular formula is C10H12N2O. The van der Waals surface area contributed by atoms with Crippen LogP contribution in [0, 0.1) is 0 Å². The lowest BCUT2D eigenvalue weighted by Gasteiger charge is -2.15. The Labute approximate surface area is 77.3 Å². The van der Waals surface area contributed by atoms with Crippen molar-refractivity contribution in [2.75, 3.05) is 11.6 Å². The van der Waals surface area contributed by atoms with Crippen LogP contribution in [-0.2, 0) is 0 Å². The van der Waals surface area contributed by atoms with Crippen LogP contribution in [0.25, 0.3) is 0 Å². The highest BCUT2D eigenvalue weighted by atomic mass is 16.3. The van der Waals surface area contributed by atoms with E-state index in [0.717, 1.165) is 12.2 Å². The number of aromatic hydroxyl groups is 1. The van der Waals surface area contributed by atoms with Gasteiger partial charge in [-0.3, -0.25) is 5.01 Å². The van der Waals surface area contributed by atoms with Crippen LogP contribution in [0.4, 0.5) is 5.69 Å². The monoisotopic (exact) mass is 176 g/mol. The highest BCUT2D eigenvalue weighted by molar-refractivity contribution is 5.53. The number of hydrazine groups is 1. The van der Waals surface area contributed by atoms with Gasteiger partial charge >= 0.3 is 0 Å². The molecule has 0 saturated carbocycles. The third-order valence-electron chi connectivity index (χ3n) is 1.99. The van der Waals surface area contributed by atoms with Gasteiger partial charge in [0.25, 0.3) is 0 Å². The Morgan fingerprint density at radius 2 is 2.31 bits per heavy atom. The van der Waals surface area contributed by atoms with E-state index in [-0.39, 0.29) is 5.75 Å². The van der Waals surface area contributed by atoms with Crippen molar-refractivity contribution in [3.63, 3.8) is 0 Å². The molecule has 2 rings (SSSR count). The van der Waals surface area contributed by atoms with Crippen molar-refractivity contribution in [1.29, 1.82) is 0 Å². The number of phenols is 1. The third kappa shape index (κ3) is 1.65. The maximum Gasteiger partial charge on any atom is 0.117 e. The van der Waals surface area contributed by atoms with Gasteiger partial charge in [-0.05, 0) is 24.6 Å². The van der Waals surface area contributed by atoms with Gasteiger partial charge in [-0.2, -0.15) is 0 Å². The van der Waals surface area contributed by atoms with Crippen molar-refractivity contribution in [3.8, 4) is 5.75 Å². The van der Waals surface area contributed by atoms with Crippen molar-refractivity contribution >= 4 is 5.69 Å². The Kier molecular flexibility index (Phi) is 1.94. The Morgan fingerprint density at radius 1 is 1.46 bits per heavy atom. The van der Waals surface area contributed by atoms with E-state index >= 15 is 0 Å². The Bertz CT molecular complexity index is 347. The average molecular weight is 176 g/mol. The normalized spacial score (nSPS) is 16.1.